The minimum absolute atomic E-state index is 0.117. The molecular weight excluding hydrogens is 285 g/mol. The maximum atomic E-state index is 13.0. The number of hydrogen-bond acceptors (Lipinski definition) is 4. The minimum atomic E-state index is -0.534. The lowest BCUT2D eigenvalue weighted by atomic mass is 10.0. The topological polar surface area (TPSA) is 70.2 Å². The van der Waals surface area contributed by atoms with Gasteiger partial charge in [-0.15, -0.1) is 0 Å². The molecule has 0 saturated carbocycles. The average Bonchev–Trinajstić information content (AvgIpc) is 2.53. The van der Waals surface area contributed by atoms with Crippen LogP contribution in [-0.2, 0) is 0 Å². The highest BCUT2D eigenvalue weighted by Gasteiger charge is 2.18. The van der Waals surface area contributed by atoms with Gasteiger partial charge in [0, 0.05) is 19.2 Å². The first-order valence-corrected chi connectivity index (χ1v) is 6.61. The lowest BCUT2D eigenvalue weighted by Crippen LogP contribution is -2.22. The largest absolute Gasteiger partial charge is 0.367 e. The van der Waals surface area contributed by atoms with Crippen molar-refractivity contribution >= 4 is 11.4 Å². The predicted octanol–water partition coefficient (Wildman–Crippen LogP) is 3.80. The van der Waals surface area contributed by atoms with Crippen molar-refractivity contribution in [1.29, 1.82) is 5.26 Å². The van der Waals surface area contributed by atoms with E-state index in [-0.39, 0.29) is 23.1 Å². The molecule has 0 spiro atoms. The van der Waals surface area contributed by atoms with Crippen LogP contribution in [0.2, 0.25) is 0 Å². The summed E-state index contributed by atoms with van der Waals surface area (Å²) in [7, 11) is 1.79. The molecule has 112 valence electrons. The van der Waals surface area contributed by atoms with Gasteiger partial charge in [0.25, 0.3) is 5.69 Å². The van der Waals surface area contributed by atoms with Crippen LogP contribution in [0, 0.1) is 27.3 Å². The SMILES string of the molecule is CC(c1ccc(F)cc1)N(C)c1ccc([N+](=O)[O-])cc1C#N. The van der Waals surface area contributed by atoms with E-state index >= 15 is 0 Å². The van der Waals surface area contributed by atoms with Crippen molar-refractivity contribution in [2.45, 2.75) is 13.0 Å². The molecule has 1 atom stereocenters. The van der Waals surface area contributed by atoms with Crippen LogP contribution in [0.3, 0.4) is 0 Å². The normalized spacial score (nSPS) is 11.5. The molecule has 2 rings (SSSR count). The Balaban J connectivity index is 2.36. The summed E-state index contributed by atoms with van der Waals surface area (Å²) in [4.78, 5) is 12.1. The number of hydrogen-bond donors (Lipinski definition) is 0. The van der Waals surface area contributed by atoms with Crippen molar-refractivity contribution in [1.82, 2.24) is 0 Å². The van der Waals surface area contributed by atoms with Gasteiger partial charge in [-0.3, -0.25) is 10.1 Å². The van der Waals surface area contributed by atoms with Gasteiger partial charge in [-0.1, -0.05) is 12.1 Å². The highest BCUT2D eigenvalue weighted by atomic mass is 19.1. The summed E-state index contributed by atoms with van der Waals surface area (Å²) in [6.45, 7) is 1.91. The summed E-state index contributed by atoms with van der Waals surface area (Å²) < 4.78 is 13.0. The fourth-order valence-corrected chi connectivity index (χ4v) is 2.21. The smallest absolute Gasteiger partial charge is 0.270 e. The molecule has 0 aliphatic heterocycles. The van der Waals surface area contributed by atoms with Crippen molar-refractivity contribution in [2.24, 2.45) is 0 Å². The highest BCUT2D eigenvalue weighted by molar-refractivity contribution is 5.63. The summed E-state index contributed by atoms with van der Waals surface area (Å²) in [5, 5.41) is 20.0. The third-order valence-electron chi connectivity index (χ3n) is 3.62. The predicted molar refractivity (Wildman–Crippen MR) is 81.0 cm³/mol. The summed E-state index contributed by atoms with van der Waals surface area (Å²) >= 11 is 0. The molecule has 0 radical (unpaired) electrons. The molecule has 22 heavy (non-hydrogen) atoms. The Morgan fingerprint density at radius 2 is 1.91 bits per heavy atom. The first kappa shape index (κ1) is 15.4. The summed E-state index contributed by atoms with van der Waals surface area (Å²) in [6.07, 6.45) is 0. The van der Waals surface area contributed by atoms with Crippen LogP contribution >= 0.6 is 0 Å². The molecule has 5 nitrogen and oxygen atoms in total. The number of nitro groups is 1. The zero-order chi connectivity index (χ0) is 16.3. The van der Waals surface area contributed by atoms with E-state index in [0.29, 0.717) is 5.69 Å². The number of halogens is 1. The lowest BCUT2D eigenvalue weighted by Gasteiger charge is -2.28. The minimum Gasteiger partial charge on any atom is -0.367 e. The molecule has 2 aromatic rings. The van der Waals surface area contributed by atoms with E-state index in [2.05, 4.69) is 0 Å². The van der Waals surface area contributed by atoms with E-state index in [4.69, 9.17) is 0 Å². The Labute approximate surface area is 127 Å². The summed E-state index contributed by atoms with van der Waals surface area (Å²) in [6, 6.07) is 12.1. The van der Waals surface area contributed by atoms with Gasteiger partial charge in [-0.05, 0) is 30.7 Å². The Hall–Kier alpha value is -2.94. The van der Waals surface area contributed by atoms with Gasteiger partial charge in [0.05, 0.1) is 22.2 Å². The molecule has 0 amide bonds. The van der Waals surface area contributed by atoms with E-state index < -0.39 is 4.92 Å². The molecule has 0 bridgehead atoms. The van der Waals surface area contributed by atoms with Crippen molar-refractivity contribution < 1.29 is 9.31 Å². The van der Waals surface area contributed by atoms with E-state index in [1.807, 2.05) is 17.9 Å². The molecule has 0 heterocycles. The summed E-state index contributed by atoms with van der Waals surface area (Å²) in [5.74, 6) is -0.313. The van der Waals surface area contributed by atoms with Gasteiger partial charge in [0.15, 0.2) is 0 Å². The fraction of sp³-hybridized carbons (Fsp3) is 0.188. The Kier molecular flexibility index (Phi) is 4.37. The van der Waals surface area contributed by atoms with Crippen LogP contribution in [0.1, 0.15) is 24.1 Å². The van der Waals surface area contributed by atoms with Crippen LogP contribution < -0.4 is 4.90 Å². The van der Waals surface area contributed by atoms with Gasteiger partial charge in [-0.25, -0.2) is 4.39 Å². The third-order valence-corrected chi connectivity index (χ3v) is 3.62. The van der Waals surface area contributed by atoms with Crippen LogP contribution in [-0.4, -0.2) is 12.0 Å². The van der Waals surface area contributed by atoms with Gasteiger partial charge in [0.1, 0.15) is 11.9 Å². The van der Waals surface area contributed by atoms with E-state index in [1.54, 1.807) is 25.2 Å². The molecule has 0 aliphatic carbocycles. The number of benzene rings is 2. The van der Waals surface area contributed by atoms with Gasteiger partial charge < -0.3 is 4.90 Å². The van der Waals surface area contributed by atoms with E-state index in [0.717, 1.165) is 5.56 Å². The summed E-state index contributed by atoms with van der Waals surface area (Å²) in [5.41, 5.74) is 1.57. The Morgan fingerprint density at radius 1 is 1.27 bits per heavy atom. The molecule has 0 saturated heterocycles. The van der Waals surface area contributed by atoms with Crippen molar-refractivity contribution in [3.8, 4) is 6.07 Å². The number of non-ortho nitro benzene ring substituents is 1. The highest BCUT2D eigenvalue weighted by Crippen LogP contribution is 2.30. The first-order valence-electron chi connectivity index (χ1n) is 6.61. The molecule has 0 fully saturated rings. The average molecular weight is 299 g/mol. The monoisotopic (exact) mass is 299 g/mol. The Bertz CT molecular complexity index is 738. The molecule has 1 unspecified atom stereocenters. The molecular formula is C16H14FN3O2. The molecule has 0 N–H and O–H groups in total. The molecule has 6 heteroatoms. The standard InChI is InChI=1S/C16H14FN3O2/c1-11(12-3-5-14(17)6-4-12)19(2)16-8-7-15(20(21)22)9-13(16)10-18/h3-9,11H,1-2H3. The molecule has 0 aliphatic rings. The number of nitro benzene ring substituents is 1. The second kappa shape index (κ2) is 6.22. The number of anilines is 1. The van der Waals surface area contributed by atoms with Crippen LogP contribution in [0.4, 0.5) is 15.8 Å². The second-order valence-electron chi connectivity index (χ2n) is 4.91. The van der Waals surface area contributed by atoms with Gasteiger partial charge >= 0.3 is 0 Å². The van der Waals surface area contributed by atoms with Crippen molar-refractivity contribution in [3.05, 3.63) is 69.5 Å². The van der Waals surface area contributed by atoms with Crippen LogP contribution in [0.5, 0.6) is 0 Å². The molecule has 0 aromatic heterocycles. The first-order chi connectivity index (χ1) is 10.4. The van der Waals surface area contributed by atoms with Crippen molar-refractivity contribution in [3.63, 3.8) is 0 Å². The molecule has 2 aromatic carbocycles. The van der Waals surface area contributed by atoms with Crippen molar-refractivity contribution in [2.75, 3.05) is 11.9 Å². The van der Waals surface area contributed by atoms with Crippen LogP contribution in [0.15, 0.2) is 42.5 Å². The van der Waals surface area contributed by atoms with E-state index in [9.17, 15) is 19.8 Å². The van der Waals surface area contributed by atoms with Crippen LogP contribution in [0.25, 0.3) is 0 Å². The lowest BCUT2D eigenvalue weighted by molar-refractivity contribution is -0.384. The van der Waals surface area contributed by atoms with E-state index in [1.165, 1.54) is 24.3 Å². The Morgan fingerprint density at radius 3 is 2.45 bits per heavy atom. The maximum Gasteiger partial charge on any atom is 0.270 e. The fourth-order valence-electron chi connectivity index (χ4n) is 2.21. The number of nitriles is 1. The maximum absolute atomic E-state index is 13.0. The zero-order valence-electron chi connectivity index (χ0n) is 12.2. The zero-order valence-corrected chi connectivity index (χ0v) is 12.2. The third kappa shape index (κ3) is 3.04. The second-order valence-corrected chi connectivity index (χ2v) is 4.91. The quantitative estimate of drug-likeness (QED) is 0.636. The number of rotatable bonds is 4. The van der Waals surface area contributed by atoms with Gasteiger partial charge in [-0.2, -0.15) is 5.26 Å². The number of nitrogens with zero attached hydrogens (tertiary/aromatic N) is 3. The van der Waals surface area contributed by atoms with Gasteiger partial charge in [0.2, 0.25) is 0 Å².